The quantitative estimate of drug-likeness (QED) is 0.918. The van der Waals surface area contributed by atoms with Crippen molar-refractivity contribution in [2.75, 3.05) is 20.6 Å². The van der Waals surface area contributed by atoms with Gasteiger partial charge in [-0.05, 0) is 37.9 Å². The smallest absolute Gasteiger partial charge is 0.251 e. The van der Waals surface area contributed by atoms with Gasteiger partial charge in [0.05, 0.1) is 6.04 Å². The second-order valence-electron chi connectivity index (χ2n) is 5.11. The maximum absolute atomic E-state index is 12.2. The zero-order chi connectivity index (χ0) is 15.2. The second kappa shape index (κ2) is 7.25. The first kappa shape index (κ1) is 15.5. The standard InChI is InChI=1S/C17H19ClN2O/c1-20(2)16(13-7-4-3-5-8-13)12-19-17(21)14-9-6-10-15(18)11-14/h3-11,16H,12H2,1-2H3,(H,19,21). The van der Waals surface area contributed by atoms with Crippen molar-refractivity contribution in [1.29, 1.82) is 0 Å². The largest absolute Gasteiger partial charge is 0.350 e. The molecule has 2 rings (SSSR count). The van der Waals surface area contributed by atoms with Crippen LogP contribution in [-0.4, -0.2) is 31.4 Å². The predicted octanol–water partition coefficient (Wildman–Crippen LogP) is 3.37. The van der Waals surface area contributed by atoms with Crippen molar-refractivity contribution >= 4 is 17.5 Å². The highest BCUT2D eigenvalue weighted by atomic mass is 35.5. The van der Waals surface area contributed by atoms with E-state index in [9.17, 15) is 4.79 Å². The summed E-state index contributed by atoms with van der Waals surface area (Å²) in [6, 6.07) is 17.2. The third-order valence-electron chi connectivity index (χ3n) is 3.35. The minimum atomic E-state index is -0.111. The van der Waals surface area contributed by atoms with Gasteiger partial charge in [-0.3, -0.25) is 4.79 Å². The van der Waals surface area contributed by atoms with Crippen LogP contribution in [0.15, 0.2) is 54.6 Å². The Morgan fingerprint density at radius 1 is 1.14 bits per heavy atom. The fourth-order valence-electron chi connectivity index (χ4n) is 2.19. The van der Waals surface area contributed by atoms with Crippen LogP contribution in [0, 0.1) is 0 Å². The van der Waals surface area contributed by atoms with E-state index in [0.717, 1.165) is 0 Å². The van der Waals surface area contributed by atoms with E-state index in [4.69, 9.17) is 11.6 Å². The van der Waals surface area contributed by atoms with Crippen molar-refractivity contribution in [1.82, 2.24) is 10.2 Å². The summed E-state index contributed by atoms with van der Waals surface area (Å²) >= 11 is 5.91. The van der Waals surface area contributed by atoms with Crippen LogP contribution < -0.4 is 5.32 Å². The van der Waals surface area contributed by atoms with E-state index in [1.54, 1.807) is 24.3 Å². The summed E-state index contributed by atoms with van der Waals surface area (Å²) in [5, 5.41) is 3.53. The summed E-state index contributed by atoms with van der Waals surface area (Å²) in [7, 11) is 4.01. The Labute approximate surface area is 130 Å². The normalized spacial score (nSPS) is 12.2. The first-order chi connectivity index (χ1) is 10.1. The van der Waals surface area contributed by atoms with E-state index in [2.05, 4.69) is 22.3 Å². The second-order valence-corrected chi connectivity index (χ2v) is 5.55. The average molecular weight is 303 g/mol. The molecule has 3 nitrogen and oxygen atoms in total. The number of amides is 1. The molecule has 0 aliphatic heterocycles. The number of rotatable bonds is 5. The van der Waals surface area contributed by atoms with Gasteiger partial charge in [0, 0.05) is 17.1 Å². The highest BCUT2D eigenvalue weighted by Crippen LogP contribution is 2.17. The van der Waals surface area contributed by atoms with Crippen LogP contribution in [-0.2, 0) is 0 Å². The molecule has 0 aromatic heterocycles. The topological polar surface area (TPSA) is 32.3 Å². The lowest BCUT2D eigenvalue weighted by atomic mass is 10.1. The Bertz CT molecular complexity index is 599. The van der Waals surface area contributed by atoms with Gasteiger partial charge in [0.1, 0.15) is 0 Å². The van der Waals surface area contributed by atoms with Crippen LogP contribution in [0.1, 0.15) is 22.0 Å². The number of nitrogens with one attached hydrogen (secondary N) is 1. The van der Waals surface area contributed by atoms with Crippen LogP contribution in [0.4, 0.5) is 0 Å². The number of carbonyl (C=O) groups is 1. The van der Waals surface area contributed by atoms with Gasteiger partial charge in [0.15, 0.2) is 0 Å². The molecule has 0 radical (unpaired) electrons. The van der Waals surface area contributed by atoms with Crippen LogP contribution >= 0.6 is 11.6 Å². The van der Waals surface area contributed by atoms with Gasteiger partial charge >= 0.3 is 0 Å². The van der Waals surface area contributed by atoms with Gasteiger partial charge in [-0.1, -0.05) is 48.0 Å². The van der Waals surface area contributed by atoms with Gasteiger partial charge in [-0.2, -0.15) is 0 Å². The lowest BCUT2D eigenvalue weighted by Gasteiger charge is -2.25. The average Bonchev–Trinajstić information content (AvgIpc) is 2.48. The molecule has 2 aromatic rings. The van der Waals surface area contributed by atoms with Gasteiger partial charge in [-0.25, -0.2) is 0 Å². The Balaban J connectivity index is 2.04. The maximum Gasteiger partial charge on any atom is 0.251 e. The number of halogens is 1. The van der Waals surface area contributed by atoms with Gasteiger partial charge in [0.2, 0.25) is 0 Å². The molecule has 0 fully saturated rings. The molecular weight excluding hydrogens is 284 g/mol. The molecule has 4 heteroatoms. The molecule has 1 amide bonds. The van der Waals surface area contributed by atoms with Gasteiger partial charge < -0.3 is 10.2 Å². The molecule has 2 aromatic carbocycles. The molecule has 0 saturated carbocycles. The molecule has 0 spiro atoms. The Hall–Kier alpha value is -1.84. The molecule has 1 N–H and O–H groups in total. The SMILES string of the molecule is CN(C)C(CNC(=O)c1cccc(Cl)c1)c1ccccc1. The first-order valence-corrected chi connectivity index (χ1v) is 7.21. The molecular formula is C17H19ClN2O. The van der Waals surface area contributed by atoms with E-state index in [0.29, 0.717) is 17.1 Å². The maximum atomic E-state index is 12.2. The number of likely N-dealkylation sites (N-methyl/N-ethyl adjacent to an activating group) is 1. The van der Waals surface area contributed by atoms with E-state index < -0.39 is 0 Å². The van der Waals surface area contributed by atoms with E-state index in [-0.39, 0.29) is 11.9 Å². The number of benzene rings is 2. The summed E-state index contributed by atoms with van der Waals surface area (Å²) in [4.78, 5) is 14.3. The molecule has 0 bridgehead atoms. The predicted molar refractivity (Wildman–Crippen MR) is 86.7 cm³/mol. The molecule has 0 saturated heterocycles. The highest BCUT2D eigenvalue weighted by Gasteiger charge is 2.15. The summed E-state index contributed by atoms with van der Waals surface area (Å²) < 4.78 is 0. The number of hydrogen-bond donors (Lipinski definition) is 1. The Kier molecular flexibility index (Phi) is 5.37. The van der Waals surface area contributed by atoms with Crippen molar-refractivity contribution in [2.24, 2.45) is 0 Å². The Morgan fingerprint density at radius 3 is 2.48 bits per heavy atom. The van der Waals surface area contributed by atoms with Crippen molar-refractivity contribution in [3.63, 3.8) is 0 Å². The van der Waals surface area contributed by atoms with Crippen molar-refractivity contribution in [2.45, 2.75) is 6.04 Å². The van der Waals surface area contributed by atoms with Crippen molar-refractivity contribution in [3.05, 3.63) is 70.7 Å². The van der Waals surface area contributed by atoms with Crippen LogP contribution in [0.3, 0.4) is 0 Å². The van der Waals surface area contributed by atoms with Gasteiger partial charge in [0.25, 0.3) is 5.91 Å². The molecule has 0 aliphatic rings. The van der Waals surface area contributed by atoms with E-state index in [1.807, 2.05) is 32.3 Å². The number of nitrogens with zero attached hydrogens (tertiary/aromatic N) is 1. The highest BCUT2D eigenvalue weighted by molar-refractivity contribution is 6.30. The van der Waals surface area contributed by atoms with E-state index in [1.165, 1.54) is 5.56 Å². The summed E-state index contributed by atoms with van der Waals surface area (Å²) in [5.41, 5.74) is 1.75. The summed E-state index contributed by atoms with van der Waals surface area (Å²) in [6.07, 6.45) is 0. The Morgan fingerprint density at radius 2 is 1.86 bits per heavy atom. The van der Waals surface area contributed by atoms with Gasteiger partial charge in [-0.15, -0.1) is 0 Å². The number of carbonyl (C=O) groups excluding carboxylic acids is 1. The first-order valence-electron chi connectivity index (χ1n) is 6.83. The summed E-state index contributed by atoms with van der Waals surface area (Å²) in [5.74, 6) is -0.111. The third kappa shape index (κ3) is 4.31. The molecule has 21 heavy (non-hydrogen) atoms. The molecule has 1 atom stereocenters. The zero-order valence-electron chi connectivity index (χ0n) is 12.2. The van der Waals surface area contributed by atoms with Crippen LogP contribution in [0.2, 0.25) is 5.02 Å². The zero-order valence-corrected chi connectivity index (χ0v) is 13.0. The number of hydrogen-bond acceptors (Lipinski definition) is 2. The van der Waals surface area contributed by atoms with Crippen LogP contribution in [0.25, 0.3) is 0 Å². The molecule has 110 valence electrons. The van der Waals surface area contributed by atoms with E-state index >= 15 is 0 Å². The lowest BCUT2D eigenvalue weighted by Crippen LogP contribution is -2.34. The van der Waals surface area contributed by atoms with Crippen molar-refractivity contribution < 1.29 is 4.79 Å². The lowest BCUT2D eigenvalue weighted by molar-refractivity contribution is 0.0942. The van der Waals surface area contributed by atoms with Crippen LogP contribution in [0.5, 0.6) is 0 Å². The fraction of sp³-hybridized carbons (Fsp3) is 0.235. The minimum Gasteiger partial charge on any atom is -0.350 e. The molecule has 1 unspecified atom stereocenters. The summed E-state index contributed by atoms with van der Waals surface area (Å²) in [6.45, 7) is 0.544. The molecule has 0 aliphatic carbocycles. The fourth-order valence-corrected chi connectivity index (χ4v) is 2.39. The third-order valence-corrected chi connectivity index (χ3v) is 3.59. The monoisotopic (exact) mass is 302 g/mol. The molecule has 0 heterocycles. The minimum absolute atomic E-state index is 0.111. The van der Waals surface area contributed by atoms with Crippen molar-refractivity contribution in [3.8, 4) is 0 Å².